The first-order valence-electron chi connectivity index (χ1n) is 5.41. The second-order valence-corrected chi connectivity index (χ2v) is 5.62. The Hall–Kier alpha value is -0.740. The Kier molecular flexibility index (Phi) is 4.89. The van der Waals surface area contributed by atoms with Crippen molar-refractivity contribution in [3.63, 3.8) is 0 Å². The highest BCUT2D eigenvalue weighted by Gasteiger charge is 2.05. The highest BCUT2D eigenvalue weighted by Crippen LogP contribution is 2.33. The van der Waals surface area contributed by atoms with Crippen molar-refractivity contribution in [2.75, 3.05) is 7.05 Å². The first kappa shape index (κ1) is 13.7. The molecule has 0 amide bonds. The molecule has 0 aliphatic carbocycles. The van der Waals surface area contributed by atoms with Gasteiger partial charge in [0.25, 0.3) is 0 Å². The van der Waals surface area contributed by atoms with Crippen LogP contribution in [-0.4, -0.2) is 12.0 Å². The summed E-state index contributed by atoms with van der Waals surface area (Å²) in [6.45, 7) is 0.809. The standard InChI is InChI=1S/C13H12Cl2N2S/c1-16-7-9-2-4-12(11(15)6-9)18-13-5-3-10(14)8-17-13/h2-6,8,16H,7H2,1H3. The fourth-order valence-electron chi connectivity index (χ4n) is 1.48. The van der Waals surface area contributed by atoms with Gasteiger partial charge >= 0.3 is 0 Å². The van der Waals surface area contributed by atoms with Crippen molar-refractivity contribution < 1.29 is 0 Å². The molecule has 0 unspecified atom stereocenters. The number of aromatic nitrogens is 1. The first-order chi connectivity index (χ1) is 8.69. The molecule has 2 aromatic rings. The smallest absolute Gasteiger partial charge is 0.101 e. The van der Waals surface area contributed by atoms with Gasteiger partial charge in [-0.2, -0.15) is 0 Å². The maximum Gasteiger partial charge on any atom is 0.101 e. The van der Waals surface area contributed by atoms with Crippen LogP contribution in [0.5, 0.6) is 0 Å². The van der Waals surface area contributed by atoms with Gasteiger partial charge in [-0.25, -0.2) is 4.98 Å². The van der Waals surface area contributed by atoms with Gasteiger partial charge < -0.3 is 5.32 Å². The van der Waals surface area contributed by atoms with Crippen LogP contribution in [0, 0.1) is 0 Å². The molecule has 1 N–H and O–H groups in total. The van der Waals surface area contributed by atoms with Crippen LogP contribution in [0.15, 0.2) is 46.5 Å². The topological polar surface area (TPSA) is 24.9 Å². The lowest BCUT2D eigenvalue weighted by Gasteiger charge is -2.06. The number of rotatable bonds is 4. The minimum Gasteiger partial charge on any atom is -0.316 e. The first-order valence-corrected chi connectivity index (χ1v) is 6.98. The minimum atomic E-state index is 0.634. The number of benzene rings is 1. The van der Waals surface area contributed by atoms with Crippen LogP contribution in [0.2, 0.25) is 10.0 Å². The van der Waals surface area contributed by atoms with Gasteiger partial charge in [0.1, 0.15) is 5.03 Å². The summed E-state index contributed by atoms with van der Waals surface area (Å²) in [4.78, 5) is 5.23. The summed E-state index contributed by atoms with van der Waals surface area (Å²) < 4.78 is 0. The molecule has 0 bridgehead atoms. The molecule has 0 aliphatic rings. The van der Waals surface area contributed by atoms with Crippen LogP contribution in [0.3, 0.4) is 0 Å². The van der Waals surface area contributed by atoms with E-state index in [1.54, 1.807) is 6.20 Å². The Morgan fingerprint density at radius 2 is 2.06 bits per heavy atom. The van der Waals surface area contributed by atoms with Crippen molar-refractivity contribution in [2.24, 2.45) is 0 Å². The van der Waals surface area contributed by atoms with E-state index in [4.69, 9.17) is 23.2 Å². The van der Waals surface area contributed by atoms with E-state index in [1.807, 2.05) is 31.3 Å². The lowest BCUT2D eigenvalue weighted by atomic mass is 10.2. The van der Waals surface area contributed by atoms with Crippen molar-refractivity contribution >= 4 is 35.0 Å². The average Bonchev–Trinajstić information content (AvgIpc) is 2.36. The largest absolute Gasteiger partial charge is 0.316 e. The zero-order chi connectivity index (χ0) is 13.0. The number of pyridine rings is 1. The molecule has 0 saturated carbocycles. The molecule has 0 fully saturated rings. The van der Waals surface area contributed by atoms with Gasteiger partial charge in [-0.15, -0.1) is 0 Å². The number of nitrogens with one attached hydrogen (secondary N) is 1. The second kappa shape index (κ2) is 6.43. The maximum atomic E-state index is 6.24. The molecule has 0 atom stereocenters. The molecule has 0 saturated heterocycles. The van der Waals surface area contributed by atoms with Crippen molar-refractivity contribution in [3.05, 3.63) is 52.1 Å². The number of halogens is 2. The molecule has 18 heavy (non-hydrogen) atoms. The third-order valence-corrected chi connectivity index (χ3v) is 3.97. The van der Waals surface area contributed by atoms with Crippen molar-refractivity contribution in [1.82, 2.24) is 10.3 Å². The van der Waals surface area contributed by atoms with Crippen molar-refractivity contribution in [2.45, 2.75) is 16.5 Å². The summed E-state index contributed by atoms with van der Waals surface area (Å²) in [7, 11) is 1.91. The van der Waals surface area contributed by atoms with E-state index in [1.165, 1.54) is 11.8 Å². The maximum absolute atomic E-state index is 6.24. The Morgan fingerprint density at radius 1 is 1.22 bits per heavy atom. The highest BCUT2D eigenvalue weighted by atomic mass is 35.5. The Labute approximate surface area is 121 Å². The SMILES string of the molecule is CNCc1ccc(Sc2ccc(Cl)cn2)c(Cl)c1. The van der Waals surface area contributed by atoms with E-state index in [0.717, 1.165) is 27.1 Å². The second-order valence-electron chi connectivity index (χ2n) is 3.71. The van der Waals surface area contributed by atoms with E-state index in [-0.39, 0.29) is 0 Å². The van der Waals surface area contributed by atoms with Gasteiger partial charge in [-0.1, -0.05) is 41.0 Å². The molecule has 94 valence electrons. The molecular weight excluding hydrogens is 287 g/mol. The van der Waals surface area contributed by atoms with Crippen LogP contribution in [-0.2, 0) is 6.54 Å². The summed E-state index contributed by atoms with van der Waals surface area (Å²) in [5.74, 6) is 0. The van der Waals surface area contributed by atoms with Crippen LogP contribution in [0.1, 0.15) is 5.56 Å². The van der Waals surface area contributed by atoms with Gasteiger partial charge in [-0.3, -0.25) is 0 Å². The molecule has 0 aliphatic heterocycles. The molecule has 1 aromatic heterocycles. The van der Waals surface area contributed by atoms with Crippen LogP contribution < -0.4 is 5.32 Å². The Balaban J connectivity index is 2.16. The predicted octanol–water partition coefficient (Wildman–Crippen LogP) is 4.26. The molecule has 2 nitrogen and oxygen atoms in total. The van der Waals surface area contributed by atoms with E-state index in [2.05, 4.69) is 16.4 Å². The van der Waals surface area contributed by atoms with E-state index in [9.17, 15) is 0 Å². The monoisotopic (exact) mass is 298 g/mol. The number of nitrogens with zero attached hydrogens (tertiary/aromatic N) is 1. The molecule has 0 spiro atoms. The summed E-state index contributed by atoms with van der Waals surface area (Å²) >= 11 is 13.6. The molecule has 2 rings (SSSR count). The molecule has 0 radical (unpaired) electrons. The van der Waals surface area contributed by atoms with E-state index >= 15 is 0 Å². The van der Waals surface area contributed by atoms with Gasteiger partial charge in [0.05, 0.1) is 10.0 Å². The molecular formula is C13H12Cl2N2S. The van der Waals surface area contributed by atoms with Gasteiger partial charge in [0, 0.05) is 17.6 Å². The minimum absolute atomic E-state index is 0.634. The molecule has 1 aromatic carbocycles. The predicted molar refractivity (Wildman–Crippen MR) is 77.6 cm³/mol. The van der Waals surface area contributed by atoms with Crippen LogP contribution >= 0.6 is 35.0 Å². The Bertz CT molecular complexity index is 529. The molecule has 5 heteroatoms. The van der Waals surface area contributed by atoms with Crippen molar-refractivity contribution in [3.8, 4) is 0 Å². The highest BCUT2D eigenvalue weighted by molar-refractivity contribution is 7.99. The third-order valence-electron chi connectivity index (χ3n) is 2.29. The summed E-state index contributed by atoms with van der Waals surface area (Å²) in [6.07, 6.45) is 1.63. The van der Waals surface area contributed by atoms with Crippen molar-refractivity contribution in [1.29, 1.82) is 0 Å². The average molecular weight is 299 g/mol. The van der Waals surface area contributed by atoms with Crippen LogP contribution in [0.4, 0.5) is 0 Å². The van der Waals surface area contributed by atoms with Gasteiger partial charge in [0.2, 0.25) is 0 Å². The normalized spacial score (nSPS) is 10.6. The number of hydrogen-bond donors (Lipinski definition) is 1. The molecule has 1 heterocycles. The summed E-state index contributed by atoms with van der Waals surface area (Å²) in [5, 5.41) is 5.35. The fraction of sp³-hybridized carbons (Fsp3) is 0.154. The van der Waals surface area contributed by atoms with Crippen LogP contribution in [0.25, 0.3) is 0 Å². The van der Waals surface area contributed by atoms with E-state index in [0.29, 0.717) is 5.02 Å². The lowest BCUT2D eigenvalue weighted by molar-refractivity contribution is 0.817. The van der Waals surface area contributed by atoms with E-state index < -0.39 is 0 Å². The fourth-order valence-corrected chi connectivity index (χ4v) is 2.67. The lowest BCUT2D eigenvalue weighted by Crippen LogP contribution is -2.04. The van der Waals surface area contributed by atoms with Gasteiger partial charge in [-0.05, 0) is 36.9 Å². The third kappa shape index (κ3) is 3.62. The Morgan fingerprint density at radius 3 is 2.67 bits per heavy atom. The zero-order valence-corrected chi connectivity index (χ0v) is 12.1. The number of hydrogen-bond acceptors (Lipinski definition) is 3. The zero-order valence-electron chi connectivity index (χ0n) is 9.78. The summed E-state index contributed by atoms with van der Waals surface area (Å²) in [5.41, 5.74) is 1.16. The quantitative estimate of drug-likeness (QED) is 0.913. The van der Waals surface area contributed by atoms with Gasteiger partial charge in [0.15, 0.2) is 0 Å². The summed E-state index contributed by atoms with van der Waals surface area (Å²) in [6, 6.07) is 9.73.